The molecule has 0 aliphatic rings. The summed E-state index contributed by atoms with van der Waals surface area (Å²) < 4.78 is 35.1. The zero-order valence-corrected chi connectivity index (χ0v) is 26.4. The van der Waals surface area contributed by atoms with Crippen LogP contribution in [-0.2, 0) is 32.6 Å². The summed E-state index contributed by atoms with van der Waals surface area (Å²) in [7, 11) is -2.77. The van der Waals surface area contributed by atoms with Gasteiger partial charge in [0.25, 0.3) is 10.0 Å². The third-order valence-electron chi connectivity index (χ3n) is 7.44. The van der Waals surface area contributed by atoms with Gasteiger partial charge in [0.05, 0.1) is 17.7 Å². The lowest BCUT2D eigenvalue weighted by atomic mass is 10.0. The van der Waals surface area contributed by atoms with Crippen LogP contribution in [0.2, 0.25) is 0 Å². The molecule has 0 aromatic heterocycles. The number of aryl methyl sites for hydroxylation is 2. The molecule has 0 unspecified atom stereocenters. The minimum atomic E-state index is -4.22. The summed E-state index contributed by atoms with van der Waals surface area (Å²) in [5.41, 5.74) is 3.71. The van der Waals surface area contributed by atoms with Crippen molar-refractivity contribution in [3.8, 4) is 5.75 Å². The Kier molecular flexibility index (Phi) is 10.8. The highest BCUT2D eigenvalue weighted by atomic mass is 32.2. The fourth-order valence-corrected chi connectivity index (χ4v) is 6.48. The fourth-order valence-electron chi connectivity index (χ4n) is 5.04. The van der Waals surface area contributed by atoms with Crippen LogP contribution in [0.3, 0.4) is 0 Å². The molecule has 4 rings (SSSR count). The van der Waals surface area contributed by atoms with E-state index >= 15 is 0 Å². The third kappa shape index (κ3) is 7.65. The Morgan fingerprint density at radius 1 is 0.864 bits per heavy atom. The van der Waals surface area contributed by atoms with Crippen LogP contribution in [0.4, 0.5) is 5.69 Å². The van der Waals surface area contributed by atoms with Gasteiger partial charge in [-0.15, -0.1) is 0 Å². The Bertz CT molecular complexity index is 1680. The zero-order chi connectivity index (χ0) is 31.7. The Labute approximate surface area is 260 Å². The average Bonchev–Trinajstić information content (AvgIpc) is 3.03. The van der Waals surface area contributed by atoms with Crippen LogP contribution >= 0.6 is 0 Å². The van der Waals surface area contributed by atoms with Gasteiger partial charge < -0.3 is 15.0 Å². The number of ether oxygens (including phenoxy) is 1. The van der Waals surface area contributed by atoms with Crippen molar-refractivity contribution in [3.05, 3.63) is 125 Å². The molecule has 0 heterocycles. The summed E-state index contributed by atoms with van der Waals surface area (Å²) in [5.74, 6) is -0.537. The molecule has 0 aliphatic heterocycles. The highest BCUT2D eigenvalue weighted by Gasteiger charge is 2.35. The van der Waals surface area contributed by atoms with Crippen molar-refractivity contribution in [3.63, 3.8) is 0 Å². The van der Waals surface area contributed by atoms with E-state index in [1.807, 2.05) is 81.4 Å². The van der Waals surface area contributed by atoms with Crippen molar-refractivity contribution >= 4 is 27.5 Å². The molecule has 9 heteroatoms. The number of sulfonamides is 1. The molecule has 230 valence electrons. The molecule has 44 heavy (non-hydrogen) atoms. The molecular weight excluding hydrogens is 574 g/mol. The summed E-state index contributed by atoms with van der Waals surface area (Å²) >= 11 is 0. The van der Waals surface area contributed by atoms with Gasteiger partial charge in [-0.05, 0) is 67.3 Å². The maximum absolute atomic E-state index is 14.5. The molecule has 8 nitrogen and oxygen atoms in total. The first kappa shape index (κ1) is 32.3. The van der Waals surface area contributed by atoms with Crippen LogP contribution in [0.15, 0.2) is 108 Å². The smallest absolute Gasteiger partial charge is 0.264 e. The quantitative estimate of drug-likeness (QED) is 0.221. The number of nitrogens with one attached hydrogen (secondary N) is 1. The van der Waals surface area contributed by atoms with Crippen LogP contribution in [0.1, 0.15) is 29.2 Å². The second-order valence-corrected chi connectivity index (χ2v) is 12.4. The number of rotatable bonds is 13. The summed E-state index contributed by atoms with van der Waals surface area (Å²) in [5, 5.41) is 2.88. The molecule has 1 atom stereocenters. The Morgan fingerprint density at radius 3 is 2.14 bits per heavy atom. The normalized spacial score (nSPS) is 11.8. The van der Waals surface area contributed by atoms with E-state index in [-0.39, 0.29) is 29.5 Å². The van der Waals surface area contributed by atoms with E-state index in [9.17, 15) is 18.0 Å². The van der Waals surface area contributed by atoms with Gasteiger partial charge >= 0.3 is 0 Å². The largest absolute Gasteiger partial charge is 0.495 e. The van der Waals surface area contributed by atoms with Crippen LogP contribution in [0.5, 0.6) is 5.75 Å². The van der Waals surface area contributed by atoms with Gasteiger partial charge in [0, 0.05) is 19.5 Å². The van der Waals surface area contributed by atoms with Crippen molar-refractivity contribution in [2.75, 3.05) is 24.5 Å². The van der Waals surface area contributed by atoms with Crippen molar-refractivity contribution in [1.29, 1.82) is 0 Å². The van der Waals surface area contributed by atoms with E-state index in [0.717, 1.165) is 26.6 Å². The zero-order valence-electron chi connectivity index (χ0n) is 25.6. The van der Waals surface area contributed by atoms with E-state index in [1.54, 1.807) is 30.3 Å². The van der Waals surface area contributed by atoms with Gasteiger partial charge in [0.15, 0.2) is 0 Å². The van der Waals surface area contributed by atoms with Gasteiger partial charge in [0.1, 0.15) is 18.3 Å². The average molecular weight is 614 g/mol. The van der Waals surface area contributed by atoms with Gasteiger partial charge in [-0.1, -0.05) is 78.9 Å². The number of carbonyl (C=O) groups is 2. The molecule has 0 saturated carbocycles. The molecule has 0 fully saturated rings. The number of likely N-dealkylation sites (N-methyl/N-ethyl adjacent to an activating group) is 1. The number of benzene rings is 4. The molecule has 1 N–H and O–H groups in total. The highest BCUT2D eigenvalue weighted by molar-refractivity contribution is 7.92. The number of carbonyl (C=O) groups excluding carboxylic acids is 2. The number of amides is 2. The maximum atomic E-state index is 14.5. The predicted molar refractivity (Wildman–Crippen MR) is 173 cm³/mol. The molecule has 0 aliphatic carbocycles. The lowest BCUT2D eigenvalue weighted by molar-refractivity contribution is -0.140. The Balaban J connectivity index is 1.85. The van der Waals surface area contributed by atoms with Crippen LogP contribution in [0.25, 0.3) is 0 Å². The first-order valence-electron chi connectivity index (χ1n) is 14.5. The summed E-state index contributed by atoms with van der Waals surface area (Å²) in [6, 6.07) is 29.4. The van der Waals surface area contributed by atoms with Gasteiger partial charge in [-0.2, -0.15) is 0 Å². The van der Waals surface area contributed by atoms with Crippen molar-refractivity contribution in [1.82, 2.24) is 10.2 Å². The molecule has 4 aromatic carbocycles. The van der Waals surface area contributed by atoms with Crippen LogP contribution in [-0.4, -0.2) is 51.4 Å². The van der Waals surface area contributed by atoms with Gasteiger partial charge in [0.2, 0.25) is 11.8 Å². The first-order chi connectivity index (χ1) is 21.1. The minimum Gasteiger partial charge on any atom is -0.495 e. The molecule has 0 saturated heterocycles. The molecular formula is C35H39N3O5S. The molecule has 0 radical (unpaired) electrons. The van der Waals surface area contributed by atoms with Crippen molar-refractivity contribution in [2.45, 2.75) is 44.7 Å². The molecule has 4 aromatic rings. The monoisotopic (exact) mass is 613 g/mol. The van der Waals surface area contributed by atoms with Gasteiger partial charge in [-0.25, -0.2) is 8.42 Å². The topological polar surface area (TPSA) is 96.0 Å². The minimum absolute atomic E-state index is 0.0337. The van der Waals surface area contributed by atoms with Crippen LogP contribution < -0.4 is 14.4 Å². The standard InChI is InChI=1S/C35H39N3O5S/c1-5-36-35(40)32(23-28-15-8-6-9-16-28)37(24-29-17-13-12-14-27(29)3)34(39)25-38(31-22-26(2)20-21-33(31)43-4)44(41,42)30-18-10-7-11-19-30/h6-22,32H,5,23-25H2,1-4H3,(H,36,40)/t32-/m1/s1. The highest BCUT2D eigenvalue weighted by Crippen LogP contribution is 2.34. The maximum Gasteiger partial charge on any atom is 0.264 e. The van der Waals surface area contributed by atoms with Crippen molar-refractivity contribution < 1.29 is 22.7 Å². The van der Waals surface area contributed by atoms with E-state index in [4.69, 9.17) is 4.74 Å². The van der Waals surface area contributed by atoms with E-state index in [2.05, 4.69) is 5.32 Å². The summed E-state index contributed by atoms with van der Waals surface area (Å²) in [6.07, 6.45) is 0.253. The first-order valence-corrected chi connectivity index (χ1v) is 16.0. The lowest BCUT2D eigenvalue weighted by Gasteiger charge is -2.34. The number of anilines is 1. The summed E-state index contributed by atoms with van der Waals surface area (Å²) in [6.45, 7) is 5.56. The number of methoxy groups -OCH3 is 1. The van der Waals surface area contributed by atoms with E-state index < -0.39 is 28.5 Å². The lowest BCUT2D eigenvalue weighted by Crippen LogP contribution is -2.53. The van der Waals surface area contributed by atoms with Gasteiger partial charge in [-0.3, -0.25) is 13.9 Å². The molecule has 0 spiro atoms. The van der Waals surface area contributed by atoms with E-state index in [0.29, 0.717) is 12.3 Å². The Morgan fingerprint density at radius 2 is 1.50 bits per heavy atom. The second kappa shape index (κ2) is 14.7. The number of hydrogen-bond acceptors (Lipinski definition) is 5. The second-order valence-electron chi connectivity index (χ2n) is 10.5. The SMILES string of the molecule is CCNC(=O)[C@@H](Cc1ccccc1)N(Cc1ccccc1C)C(=O)CN(c1cc(C)ccc1OC)S(=O)(=O)c1ccccc1. The van der Waals surface area contributed by atoms with E-state index in [1.165, 1.54) is 24.1 Å². The van der Waals surface area contributed by atoms with Crippen molar-refractivity contribution in [2.24, 2.45) is 0 Å². The number of nitrogens with zero attached hydrogens (tertiary/aromatic N) is 2. The Hall–Kier alpha value is -4.63. The summed E-state index contributed by atoms with van der Waals surface area (Å²) in [4.78, 5) is 29.7. The predicted octanol–water partition coefficient (Wildman–Crippen LogP) is 5.28. The molecule has 2 amide bonds. The number of hydrogen-bond donors (Lipinski definition) is 1. The third-order valence-corrected chi connectivity index (χ3v) is 9.21. The van der Waals surface area contributed by atoms with Crippen LogP contribution in [0, 0.1) is 13.8 Å². The molecule has 0 bridgehead atoms. The fraction of sp³-hybridized carbons (Fsp3) is 0.257.